The zero-order chi connectivity index (χ0) is 15.3. The molecule has 5 nitrogen and oxygen atoms in total. The van der Waals surface area contributed by atoms with E-state index in [0.717, 1.165) is 12.8 Å². The van der Waals surface area contributed by atoms with Crippen molar-refractivity contribution in [1.82, 2.24) is 0 Å². The fourth-order valence-electron chi connectivity index (χ4n) is 1.89. The van der Waals surface area contributed by atoms with Crippen LogP contribution in [0.5, 0.6) is 0 Å². The number of thiophene rings is 1. The minimum atomic E-state index is -0.484. The Morgan fingerprint density at radius 3 is 2.35 bits per heavy atom. The normalized spacial score (nSPS) is 10.7. The van der Waals surface area contributed by atoms with E-state index in [-0.39, 0.29) is 29.7 Å². The monoisotopic (exact) mass is 298 g/mol. The van der Waals surface area contributed by atoms with Crippen LogP contribution >= 0.6 is 11.3 Å². The van der Waals surface area contributed by atoms with Crippen LogP contribution in [0, 0.1) is 0 Å². The highest BCUT2D eigenvalue weighted by atomic mass is 32.1. The van der Waals surface area contributed by atoms with Gasteiger partial charge in [-0.2, -0.15) is 0 Å². The molecule has 6 heteroatoms. The van der Waals surface area contributed by atoms with Gasteiger partial charge in [-0.15, -0.1) is 11.3 Å². The molecule has 0 unspecified atom stereocenters. The number of nitrogen functional groups attached to an aromatic ring is 1. The summed E-state index contributed by atoms with van der Waals surface area (Å²) in [5, 5.41) is 3.91. The fraction of sp³-hybridized carbons (Fsp3) is 0.571. The summed E-state index contributed by atoms with van der Waals surface area (Å²) in [5.74, 6) is -0.627. The first-order valence-electron chi connectivity index (χ1n) is 6.82. The number of anilines is 2. The Balaban J connectivity index is 3.22. The molecule has 20 heavy (non-hydrogen) atoms. The molecule has 3 N–H and O–H groups in total. The van der Waals surface area contributed by atoms with E-state index in [4.69, 9.17) is 10.5 Å². The lowest BCUT2D eigenvalue weighted by molar-refractivity contribution is 0.0529. The average Bonchev–Trinajstić information content (AvgIpc) is 2.73. The summed E-state index contributed by atoms with van der Waals surface area (Å²) in [5.41, 5.74) is 6.45. The van der Waals surface area contributed by atoms with Gasteiger partial charge in [0.15, 0.2) is 5.78 Å². The highest BCUT2D eigenvalue weighted by Crippen LogP contribution is 2.37. The van der Waals surface area contributed by atoms with Crippen molar-refractivity contribution in [2.24, 2.45) is 0 Å². The van der Waals surface area contributed by atoms with Gasteiger partial charge in [-0.3, -0.25) is 4.79 Å². The fourth-order valence-corrected chi connectivity index (χ4v) is 2.97. The smallest absolute Gasteiger partial charge is 0.343 e. The molecule has 0 spiro atoms. The van der Waals surface area contributed by atoms with E-state index in [1.54, 1.807) is 6.92 Å². The molecule has 0 saturated carbocycles. The lowest BCUT2D eigenvalue weighted by atomic mass is 10.1. The molecular formula is C14H22N2O3S. The van der Waals surface area contributed by atoms with E-state index < -0.39 is 5.97 Å². The maximum absolute atomic E-state index is 12.0. The number of carbonyl (C=O) groups is 2. The van der Waals surface area contributed by atoms with Gasteiger partial charge < -0.3 is 15.8 Å². The zero-order valence-electron chi connectivity index (χ0n) is 12.4. The summed E-state index contributed by atoms with van der Waals surface area (Å²) in [7, 11) is 0. The second-order valence-corrected chi connectivity index (χ2v) is 5.50. The van der Waals surface area contributed by atoms with Gasteiger partial charge in [-0.25, -0.2) is 4.79 Å². The molecule has 1 rings (SSSR count). The maximum atomic E-state index is 12.0. The summed E-state index contributed by atoms with van der Waals surface area (Å²) in [6.07, 6.45) is 1.85. The third-order valence-electron chi connectivity index (χ3n) is 3.07. The summed E-state index contributed by atoms with van der Waals surface area (Å²) >= 11 is 1.22. The molecule has 0 aliphatic heterocycles. The number of nitrogens with two attached hydrogens (primary N) is 1. The SMILES string of the molecule is CCOC(=O)c1c(NC(CC)CC)sc(C(C)=O)c1N. The number of hydrogen-bond donors (Lipinski definition) is 2. The molecular weight excluding hydrogens is 276 g/mol. The third-order valence-corrected chi connectivity index (χ3v) is 4.30. The van der Waals surface area contributed by atoms with Crippen LogP contribution < -0.4 is 11.1 Å². The van der Waals surface area contributed by atoms with E-state index in [0.29, 0.717) is 9.88 Å². The first-order chi connectivity index (χ1) is 9.46. The van der Waals surface area contributed by atoms with Gasteiger partial charge >= 0.3 is 5.97 Å². The van der Waals surface area contributed by atoms with Crippen molar-refractivity contribution in [3.05, 3.63) is 10.4 Å². The number of esters is 1. The van der Waals surface area contributed by atoms with Crippen molar-refractivity contribution in [1.29, 1.82) is 0 Å². The lowest BCUT2D eigenvalue weighted by Crippen LogP contribution is -2.18. The van der Waals surface area contributed by atoms with E-state index in [9.17, 15) is 9.59 Å². The van der Waals surface area contributed by atoms with Crippen molar-refractivity contribution in [3.63, 3.8) is 0 Å². The van der Waals surface area contributed by atoms with Gasteiger partial charge in [0.05, 0.1) is 17.2 Å². The van der Waals surface area contributed by atoms with E-state index in [1.807, 2.05) is 0 Å². The molecule has 0 aliphatic rings. The average molecular weight is 298 g/mol. The van der Waals surface area contributed by atoms with Gasteiger partial charge in [0.25, 0.3) is 0 Å². The first-order valence-corrected chi connectivity index (χ1v) is 7.64. The van der Waals surface area contributed by atoms with Crippen LogP contribution in [0.4, 0.5) is 10.7 Å². The summed E-state index contributed by atoms with van der Waals surface area (Å²) in [6, 6.07) is 0.237. The quantitative estimate of drug-likeness (QED) is 0.596. The van der Waals surface area contributed by atoms with Gasteiger partial charge in [0, 0.05) is 13.0 Å². The van der Waals surface area contributed by atoms with Crippen LogP contribution in [-0.2, 0) is 4.74 Å². The molecule has 0 atom stereocenters. The predicted octanol–water partition coefficient (Wildman–Crippen LogP) is 3.31. The molecule has 0 saturated heterocycles. The largest absolute Gasteiger partial charge is 0.462 e. The Morgan fingerprint density at radius 1 is 1.30 bits per heavy atom. The number of rotatable bonds is 7. The number of ether oxygens (including phenoxy) is 1. The Kier molecular flexibility index (Phi) is 6.01. The van der Waals surface area contributed by atoms with Crippen molar-refractivity contribution >= 4 is 33.8 Å². The summed E-state index contributed by atoms with van der Waals surface area (Å²) in [6.45, 7) is 7.58. The lowest BCUT2D eigenvalue weighted by Gasteiger charge is -2.15. The minimum Gasteiger partial charge on any atom is -0.462 e. The number of carbonyl (C=O) groups excluding carboxylic acids is 2. The molecule has 1 aromatic heterocycles. The Hall–Kier alpha value is -1.56. The van der Waals surface area contributed by atoms with Crippen molar-refractivity contribution in [2.75, 3.05) is 17.7 Å². The molecule has 0 aliphatic carbocycles. The van der Waals surface area contributed by atoms with E-state index >= 15 is 0 Å². The number of nitrogens with one attached hydrogen (secondary N) is 1. The van der Waals surface area contributed by atoms with E-state index in [2.05, 4.69) is 19.2 Å². The van der Waals surface area contributed by atoms with Crippen LogP contribution in [0.25, 0.3) is 0 Å². The Bertz CT molecular complexity index is 493. The molecule has 0 bridgehead atoms. The number of ketones is 1. The molecule has 112 valence electrons. The van der Waals surface area contributed by atoms with Crippen LogP contribution in [0.2, 0.25) is 0 Å². The van der Waals surface area contributed by atoms with Crippen LogP contribution in [0.1, 0.15) is 60.6 Å². The molecule has 1 heterocycles. The Morgan fingerprint density at radius 2 is 1.90 bits per heavy atom. The second kappa shape index (κ2) is 7.28. The standard InChI is InChI=1S/C14H22N2O3S/c1-5-9(6-2)16-13-10(14(18)19-7-3)11(15)12(20-13)8(4)17/h9,16H,5-7,15H2,1-4H3. The van der Waals surface area contributed by atoms with E-state index in [1.165, 1.54) is 18.3 Å². The van der Waals surface area contributed by atoms with Gasteiger partial charge in [-0.05, 0) is 19.8 Å². The summed E-state index contributed by atoms with van der Waals surface area (Å²) < 4.78 is 5.03. The predicted molar refractivity (Wildman–Crippen MR) is 82.7 cm³/mol. The maximum Gasteiger partial charge on any atom is 0.343 e. The number of hydrogen-bond acceptors (Lipinski definition) is 6. The number of Topliss-reactive ketones (excluding diaryl/α,β-unsaturated/α-hetero) is 1. The van der Waals surface area contributed by atoms with Crippen LogP contribution in [0.15, 0.2) is 0 Å². The second-order valence-electron chi connectivity index (χ2n) is 4.48. The molecule has 0 radical (unpaired) electrons. The highest BCUT2D eigenvalue weighted by Gasteiger charge is 2.25. The molecule has 0 aromatic carbocycles. The minimum absolute atomic E-state index is 0.143. The van der Waals surface area contributed by atoms with Gasteiger partial charge in [0.1, 0.15) is 10.6 Å². The van der Waals surface area contributed by atoms with Gasteiger partial charge in [-0.1, -0.05) is 13.8 Å². The molecule has 1 aromatic rings. The van der Waals surface area contributed by atoms with Crippen LogP contribution in [-0.4, -0.2) is 24.4 Å². The van der Waals surface area contributed by atoms with Crippen molar-refractivity contribution in [2.45, 2.75) is 46.6 Å². The van der Waals surface area contributed by atoms with Crippen LogP contribution in [0.3, 0.4) is 0 Å². The Labute approximate surface area is 123 Å². The summed E-state index contributed by atoms with van der Waals surface area (Å²) in [4.78, 5) is 24.0. The molecule has 0 amide bonds. The third kappa shape index (κ3) is 3.50. The van der Waals surface area contributed by atoms with Crippen molar-refractivity contribution < 1.29 is 14.3 Å². The topological polar surface area (TPSA) is 81.4 Å². The van der Waals surface area contributed by atoms with Gasteiger partial charge in [0.2, 0.25) is 0 Å². The first kappa shape index (κ1) is 16.5. The van der Waals surface area contributed by atoms with Crippen molar-refractivity contribution in [3.8, 4) is 0 Å². The molecule has 0 fully saturated rings. The zero-order valence-corrected chi connectivity index (χ0v) is 13.2. The highest BCUT2D eigenvalue weighted by molar-refractivity contribution is 7.19.